The molecule has 162 valence electrons. The van der Waals surface area contributed by atoms with Crippen LogP contribution in [0, 0.1) is 5.82 Å². The van der Waals surface area contributed by atoms with Crippen LogP contribution in [0.2, 0.25) is 0 Å². The molecule has 0 unspecified atom stereocenters. The average molecular weight is 444 g/mol. The van der Waals surface area contributed by atoms with Gasteiger partial charge >= 0.3 is 5.97 Å². The van der Waals surface area contributed by atoms with Crippen molar-refractivity contribution in [2.24, 2.45) is 0 Å². The number of esters is 1. The van der Waals surface area contributed by atoms with Crippen molar-refractivity contribution in [3.63, 3.8) is 0 Å². The van der Waals surface area contributed by atoms with E-state index in [4.69, 9.17) is 0 Å². The second kappa shape index (κ2) is 9.36. The molecule has 0 radical (unpaired) electrons. The second-order valence-electron chi connectivity index (χ2n) is 7.33. The van der Waals surface area contributed by atoms with Crippen molar-refractivity contribution < 1.29 is 18.7 Å². The van der Waals surface area contributed by atoms with Crippen LogP contribution in [0.15, 0.2) is 48.0 Å². The highest BCUT2D eigenvalue weighted by Gasteiger charge is 2.38. The molecular formula is C21H22FN5O3S. The van der Waals surface area contributed by atoms with Crippen molar-refractivity contribution in [3.8, 4) is 0 Å². The third-order valence-corrected chi connectivity index (χ3v) is 6.16. The number of methoxy groups -OCH3 is 1. The minimum absolute atomic E-state index is 0.0775. The maximum absolute atomic E-state index is 13.3. The molecule has 3 aromatic rings. The fourth-order valence-corrected chi connectivity index (χ4v) is 4.35. The van der Waals surface area contributed by atoms with Gasteiger partial charge in [0, 0.05) is 18.0 Å². The number of halogens is 1. The van der Waals surface area contributed by atoms with Crippen LogP contribution >= 0.6 is 11.3 Å². The molecule has 0 spiro atoms. The number of benzene rings is 1. The van der Waals surface area contributed by atoms with Crippen molar-refractivity contribution in [3.05, 3.63) is 69.9 Å². The van der Waals surface area contributed by atoms with Crippen molar-refractivity contribution in [1.82, 2.24) is 25.2 Å². The highest BCUT2D eigenvalue weighted by molar-refractivity contribution is 7.09. The summed E-state index contributed by atoms with van der Waals surface area (Å²) in [4.78, 5) is 27.8. The summed E-state index contributed by atoms with van der Waals surface area (Å²) in [5, 5.41) is 12.9. The third kappa shape index (κ3) is 4.97. The fraction of sp³-hybridized carbons (Fsp3) is 0.333. The van der Waals surface area contributed by atoms with E-state index in [0.29, 0.717) is 26.1 Å². The van der Waals surface area contributed by atoms with Crippen molar-refractivity contribution in [2.45, 2.75) is 31.6 Å². The van der Waals surface area contributed by atoms with Crippen LogP contribution in [0.4, 0.5) is 4.39 Å². The number of thiophene rings is 1. The summed E-state index contributed by atoms with van der Waals surface area (Å²) >= 11 is 1.59. The zero-order valence-corrected chi connectivity index (χ0v) is 17.7. The molecule has 31 heavy (non-hydrogen) atoms. The number of amides is 1. The lowest BCUT2D eigenvalue weighted by Gasteiger charge is -2.23. The largest absolute Gasteiger partial charge is 0.464 e. The molecule has 2 aromatic heterocycles. The first-order chi connectivity index (χ1) is 15.0. The number of hydrogen-bond donors (Lipinski definition) is 1. The van der Waals surface area contributed by atoms with E-state index in [1.807, 2.05) is 22.4 Å². The van der Waals surface area contributed by atoms with Crippen LogP contribution in [0.5, 0.6) is 0 Å². The molecule has 4 rings (SSSR count). The summed E-state index contributed by atoms with van der Waals surface area (Å²) in [7, 11) is 1.29. The Hall–Kier alpha value is -3.11. The van der Waals surface area contributed by atoms with Crippen LogP contribution in [-0.4, -0.2) is 51.5 Å². The van der Waals surface area contributed by atoms with Crippen LogP contribution in [0.1, 0.15) is 33.4 Å². The Kier molecular flexibility index (Phi) is 6.38. The Bertz CT molecular complexity index is 1040. The SMILES string of the molecule is COC(=O)c1cn([C@@H]2C[C@@H](C(=O)NCc3cccs3)N(Cc3ccc(F)cc3)C2)nn1. The summed E-state index contributed by atoms with van der Waals surface area (Å²) in [6, 6.07) is 9.65. The van der Waals surface area contributed by atoms with Gasteiger partial charge in [0.2, 0.25) is 5.91 Å². The maximum Gasteiger partial charge on any atom is 0.360 e. The van der Waals surface area contributed by atoms with E-state index in [0.717, 1.165) is 10.4 Å². The van der Waals surface area contributed by atoms with E-state index in [1.54, 1.807) is 34.3 Å². The average Bonchev–Trinajstić information content (AvgIpc) is 3.53. The first-order valence-corrected chi connectivity index (χ1v) is 10.7. The fourth-order valence-electron chi connectivity index (χ4n) is 3.70. The molecule has 1 saturated heterocycles. The third-order valence-electron chi connectivity index (χ3n) is 5.28. The molecule has 1 aliphatic heterocycles. The number of likely N-dealkylation sites (tertiary alicyclic amines) is 1. The lowest BCUT2D eigenvalue weighted by atomic mass is 10.1. The highest BCUT2D eigenvalue weighted by Crippen LogP contribution is 2.29. The van der Waals surface area contributed by atoms with Crippen LogP contribution in [0.25, 0.3) is 0 Å². The normalized spacial score (nSPS) is 18.8. The van der Waals surface area contributed by atoms with Gasteiger partial charge in [0.25, 0.3) is 0 Å². The van der Waals surface area contributed by atoms with Crippen molar-refractivity contribution >= 4 is 23.2 Å². The van der Waals surface area contributed by atoms with Gasteiger partial charge in [0.05, 0.1) is 31.9 Å². The summed E-state index contributed by atoms with van der Waals surface area (Å²) in [6.45, 7) is 1.50. The summed E-state index contributed by atoms with van der Waals surface area (Å²) < 4.78 is 19.6. The molecule has 1 N–H and O–H groups in total. The topological polar surface area (TPSA) is 89.4 Å². The highest BCUT2D eigenvalue weighted by atomic mass is 32.1. The molecular weight excluding hydrogens is 421 g/mol. The van der Waals surface area contributed by atoms with E-state index >= 15 is 0 Å². The van der Waals surface area contributed by atoms with Gasteiger partial charge in [-0.05, 0) is 35.6 Å². The number of ether oxygens (including phenoxy) is 1. The van der Waals surface area contributed by atoms with Crippen LogP contribution in [-0.2, 0) is 22.6 Å². The number of nitrogens with one attached hydrogen (secondary N) is 1. The summed E-state index contributed by atoms with van der Waals surface area (Å²) in [6.07, 6.45) is 2.06. The van der Waals surface area contributed by atoms with Gasteiger partial charge in [-0.15, -0.1) is 16.4 Å². The molecule has 3 heterocycles. The molecule has 1 aromatic carbocycles. The number of rotatable bonds is 7. The first-order valence-electron chi connectivity index (χ1n) is 9.82. The van der Waals surface area contributed by atoms with E-state index in [1.165, 1.54) is 19.2 Å². The van der Waals surface area contributed by atoms with Crippen LogP contribution < -0.4 is 5.32 Å². The summed E-state index contributed by atoms with van der Waals surface area (Å²) in [5.74, 6) is -0.935. The molecule has 0 saturated carbocycles. The number of carbonyl (C=O) groups is 2. The Morgan fingerprint density at radius 2 is 2.10 bits per heavy atom. The number of hydrogen-bond acceptors (Lipinski definition) is 7. The lowest BCUT2D eigenvalue weighted by molar-refractivity contribution is -0.125. The summed E-state index contributed by atoms with van der Waals surface area (Å²) in [5.41, 5.74) is 1.03. The van der Waals surface area contributed by atoms with E-state index in [2.05, 4.69) is 20.4 Å². The molecule has 2 atom stereocenters. The minimum Gasteiger partial charge on any atom is -0.464 e. The lowest BCUT2D eigenvalue weighted by Crippen LogP contribution is -2.42. The molecule has 1 amide bonds. The van der Waals surface area contributed by atoms with Crippen molar-refractivity contribution in [2.75, 3.05) is 13.7 Å². The van der Waals surface area contributed by atoms with Gasteiger partial charge in [-0.25, -0.2) is 13.9 Å². The van der Waals surface area contributed by atoms with Crippen molar-refractivity contribution in [1.29, 1.82) is 0 Å². The van der Waals surface area contributed by atoms with Gasteiger partial charge in [-0.1, -0.05) is 23.4 Å². The van der Waals surface area contributed by atoms with Crippen LogP contribution in [0.3, 0.4) is 0 Å². The van der Waals surface area contributed by atoms with Gasteiger partial charge in [-0.2, -0.15) is 0 Å². The number of aromatic nitrogens is 3. The molecule has 8 nitrogen and oxygen atoms in total. The molecule has 0 bridgehead atoms. The zero-order chi connectivity index (χ0) is 21.8. The molecule has 0 aliphatic carbocycles. The number of carbonyl (C=O) groups excluding carboxylic acids is 2. The standard InChI is InChI=1S/C21H22FN5O3S/c1-30-21(29)18-13-27(25-24-18)16-9-19(20(28)23-10-17-3-2-8-31-17)26(12-16)11-14-4-6-15(22)7-5-14/h2-8,13,16,19H,9-12H2,1H3,(H,23,28)/t16-,19+/m1/s1. The van der Waals surface area contributed by atoms with E-state index in [-0.39, 0.29) is 29.5 Å². The first kappa shape index (κ1) is 21.1. The van der Waals surface area contributed by atoms with Gasteiger partial charge in [0.1, 0.15) is 5.82 Å². The van der Waals surface area contributed by atoms with Gasteiger partial charge in [-0.3, -0.25) is 9.69 Å². The Labute approximate surface area is 182 Å². The quantitative estimate of drug-likeness (QED) is 0.564. The van der Waals surface area contributed by atoms with E-state index in [9.17, 15) is 14.0 Å². The Morgan fingerprint density at radius 1 is 1.29 bits per heavy atom. The van der Waals surface area contributed by atoms with Gasteiger partial charge < -0.3 is 10.1 Å². The van der Waals surface area contributed by atoms with Gasteiger partial charge in [0.15, 0.2) is 5.69 Å². The molecule has 1 aliphatic rings. The van der Waals surface area contributed by atoms with E-state index < -0.39 is 5.97 Å². The minimum atomic E-state index is -0.558. The second-order valence-corrected chi connectivity index (χ2v) is 8.37. The zero-order valence-electron chi connectivity index (χ0n) is 16.9. The predicted octanol–water partition coefficient (Wildman–Crippen LogP) is 2.40. The maximum atomic E-state index is 13.3. The smallest absolute Gasteiger partial charge is 0.360 e. The Balaban J connectivity index is 1.50. The molecule has 1 fully saturated rings. The molecule has 10 heteroatoms. The monoisotopic (exact) mass is 443 g/mol. The number of nitrogens with zero attached hydrogens (tertiary/aromatic N) is 4. The Morgan fingerprint density at radius 3 is 2.81 bits per heavy atom. The predicted molar refractivity (Wildman–Crippen MR) is 112 cm³/mol.